The van der Waals surface area contributed by atoms with E-state index in [1.807, 2.05) is 0 Å². The zero-order valence-corrected chi connectivity index (χ0v) is 11.8. The molecule has 0 aromatic heterocycles. The number of carbonyl (C=O) groups is 2. The molecule has 0 bridgehead atoms. The lowest BCUT2D eigenvalue weighted by atomic mass is 10.1. The van der Waals surface area contributed by atoms with Crippen LogP contribution in [0.2, 0.25) is 0 Å². The van der Waals surface area contributed by atoms with Crippen LogP contribution in [0.3, 0.4) is 0 Å². The lowest BCUT2D eigenvalue weighted by molar-refractivity contribution is -0.122. The van der Waals surface area contributed by atoms with E-state index in [-0.39, 0.29) is 38.1 Å². The van der Waals surface area contributed by atoms with E-state index in [4.69, 9.17) is 10.2 Å². The normalized spacial score (nSPS) is 13.8. The lowest BCUT2D eigenvalue weighted by Gasteiger charge is -2.14. The third-order valence-corrected chi connectivity index (χ3v) is 3.13. The minimum Gasteiger partial charge on any atom is -0.395 e. The minimum atomic E-state index is -0.531. The molecule has 4 N–H and O–H groups in total. The first-order chi connectivity index (χ1) is 8.52. The van der Waals surface area contributed by atoms with Crippen molar-refractivity contribution < 1.29 is 19.8 Å². The van der Waals surface area contributed by atoms with Crippen LogP contribution in [0.1, 0.15) is 12.8 Å². The fourth-order valence-electron chi connectivity index (χ4n) is 1.17. The lowest BCUT2D eigenvalue weighted by Crippen LogP contribution is -2.36. The van der Waals surface area contributed by atoms with Crippen LogP contribution in [0.4, 0.5) is 0 Å². The Morgan fingerprint density at radius 3 is 1.50 bits per heavy atom. The quantitative estimate of drug-likeness (QED) is 0.294. The van der Waals surface area contributed by atoms with E-state index in [0.29, 0.717) is 12.8 Å². The van der Waals surface area contributed by atoms with Crippen molar-refractivity contribution in [2.24, 2.45) is 0 Å². The summed E-state index contributed by atoms with van der Waals surface area (Å²) in [7, 11) is 0. The van der Waals surface area contributed by atoms with Crippen molar-refractivity contribution in [2.45, 2.75) is 23.3 Å². The number of nitrogens with one attached hydrogen (secondary N) is 2. The van der Waals surface area contributed by atoms with Crippen LogP contribution in [0.25, 0.3) is 0 Å². The summed E-state index contributed by atoms with van der Waals surface area (Å²) in [5.74, 6) is -0.549. The number of hydrogen-bond acceptors (Lipinski definition) is 6. The number of aliphatic hydroxyl groups excluding tert-OH is 2. The van der Waals surface area contributed by atoms with E-state index in [2.05, 4.69) is 35.9 Å². The molecule has 0 saturated heterocycles. The maximum atomic E-state index is 11.4. The minimum absolute atomic E-state index is 0.120. The third kappa shape index (κ3) is 7.80. The Morgan fingerprint density at radius 1 is 0.889 bits per heavy atom. The highest BCUT2D eigenvalue weighted by Crippen LogP contribution is 2.11. The van der Waals surface area contributed by atoms with E-state index < -0.39 is 10.5 Å². The molecule has 0 aliphatic rings. The van der Waals surface area contributed by atoms with Gasteiger partial charge in [-0.05, 0) is 12.8 Å². The van der Waals surface area contributed by atoms with Crippen molar-refractivity contribution >= 4 is 37.1 Å². The summed E-state index contributed by atoms with van der Waals surface area (Å²) in [4.78, 5) is 22.8. The maximum absolute atomic E-state index is 11.4. The Kier molecular flexibility index (Phi) is 10.2. The van der Waals surface area contributed by atoms with E-state index in [0.717, 1.165) is 0 Å². The number of rotatable bonds is 9. The first-order valence-electron chi connectivity index (χ1n) is 5.66. The average Bonchev–Trinajstić information content (AvgIpc) is 2.38. The monoisotopic (exact) mass is 296 g/mol. The molecule has 2 atom stereocenters. The summed E-state index contributed by atoms with van der Waals surface area (Å²) in [6, 6.07) is 0. The zero-order valence-electron chi connectivity index (χ0n) is 10.0. The molecule has 18 heavy (non-hydrogen) atoms. The van der Waals surface area contributed by atoms with Gasteiger partial charge in [-0.15, -0.1) is 0 Å². The number of amides is 2. The van der Waals surface area contributed by atoms with E-state index >= 15 is 0 Å². The Hall–Kier alpha value is -0.440. The van der Waals surface area contributed by atoms with Crippen LogP contribution >= 0.6 is 25.3 Å². The van der Waals surface area contributed by atoms with Gasteiger partial charge in [-0.3, -0.25) is 9.59 Å². The summed E-state index contributed by atoms with van der Waals surface area (Å²) in [6.45, 7) is 0.143. The molecule has 0 aliphatic heterocycles. The van der Waals surface area contributed by atoms with Crippen molar-refractivity contribution in [1.29, 1.82) is 0 Å². The molecular weight excluding hydrogens is 276 g/mol. The molecular formula is C10H20N2O4S2. The number of carbonyl (C=O) groups excluding carboxylic acids is 2. The van der Waals surface area contributed by atoms with Crippen LogP contribution in [0.15, 0.2) is 0 Å². The van der Waals surface area contributed by atoms with Gasteiger partial charge in [0.05, 0.1) is 23.7 Å². The van der Waals surface area contributed by atoms with Gasteiger partial charge in [0.15, 0.2) is 0 Å². The van der Waals surface area contributed by atoms with Crippen LogP contribution < -0.4 is 10.6 Å². The Bertz CT molecular complexity index is 240. The molecule has 0 saturated carbocycles. The average molecular weight is 296 g/mol. The summed E-state index contributed by atoms with van der Waals surface area (Å²) in [5, 5.41) is 21.0. The molecule has 106 valence electrons. The molecule has 0 heterocycles. The summed E-state index contributed by atoms with van der Waals surface area (Å²) < 4.78 is 0. The number of thiol groups is 2. The molecule has 0 aliphatic carbocycles. The highest BCUT2D eigenvalue weighted by atomic mass is 32.1. The van der Waals surface area contributed by atoms with Gasteiger partial charge in [-0.25, -0.2) is 0 Å². The Labute approximate surface area is 117 Å². The predicted octanol–water partition coefficient (Wildman–Crippen LogP) is -1.42. The first kappa shape index (κ1) is 17.6. The van der Waals surface area contributed by atoms with Gasteiger partial charge >= 0.3 is 0 Å². The molecule has 0 aromatic carbocycles. The fourth-order valence-corrected chi connectivity index (χ4v) is 1.65. The standard InChI is InChI=1S/C10H20N2O4S2/c13-5-3-11-9(15)7(17)1-2-8(18)10(16)12-4-6-14/h7-8,13-14,17-18H,1-6H2,(H,11,15)(H,12,16). The Morgan fingerprint density at radius 2 is 1.22 bits per heavy atom. The largest absolute Gasteiger partial charge is 0.395 e. The van der Waals surface area contributed by atoms with Crippen LogP contribution in [0, 0.1) is 0 Å². The second kappa shape index (κ2) is 10.5. The van der Waals surface area contributed by atoms with Gasteiger partial charge in [-0.1, -0.05) is 0 Å². The SMILES string of the molecule is O=C(NCCO)C(S)CCC(S)C(=O)NCCO. The molecule has 2 amide bonds. The van der Waals surface area contributed by atoms with E-state index in [9.17, 15) is 9.59 Å². The predicted molar refractivity (Wildman–Crippen MR) is 75.0 cm³/mol. The topological polar surface area (TPSA) is 98.7 Å². The second-order valence-electron chi connectivity index (χ2n) is 3.64. The van der Waals surface area contributed by atoms with Crippen molar-refractivity contribution in [3.8, 4) is 0 Å². The van der Waals surface area contributed by atoms with E-state index in [1.54, 1.807) is 0 Å². The van der Waals surface area contributed by atoms with Crippen LogP contribution in [0.5, 0.6) is 0 Å². The van der Waals surface area contributed by atoms with Crippen LogP contribution in [-0.2, 0) is 9.59 Å². The van der Waals surface area contributed by atoms with Crippen LogP contribution in [-0.4, -0.2) is 58.8 Å². The van der Waals surface area contributed by atoms with E-state index in [1.165, 1.54) is 0 Å². The van der Waals surface area contributed by atoms with Crippen molar-refractivity contribution in [3.05, 3.63) is 0 Å². The molecule has 0 fully saturated rings. The summed E-state index contributed by atoms with van der Waals surface area (Å²) in [6.07, 6.45) is 0.808. The van der Waals surface area contributed by atoms with Crippen molar-refractivity contribution in [1.82, 2.24) is 10.6 Å². The molecule has 0 rings (SSSR count). The molecule has 8 heteroatoms. The van der Waals surface area contributed by atoms with Crippen molar-refractivity contribution in [2.75, 3.05) is 26.3 Å². The first-order valence-corrected chi connectivity index (χ1v) is 6.69. The molecule has 6 nitrogen and oxygen atoms in total. The fraction of sp³-hybridized carbons (Fsp3) is 0.800. The van der Waals surface area contributed by atoms with Gasteiger partial charge < -0.3 is 20.8 Å². The van der Waals surface area contributed by atoms with Crippen molar-refractivity contribution in [3.63, 3.8) is 0 Å². The number of hydrogen-bond donors (Lipinski definition) is 6. The summed E-state index contributed by atoms with van der Waals surface area (Å²) in [5.41, 5.74) is 0. The number of aliphatic hydroxyl groups is 2. The molecule has 0 radical (unpaired) electrons. The second-order valence-corrected chi connectivity index (χ2v) is 4.88. The highest BCUT2D eigenvalue weighted by Gasteiger charge is 2.18. The molecule has 0 aromatic rings. The maximum Gasteiger partial charge on any atom is 0.232 e. The summed E-state index contributed by atoms with van der Waals surface area (Å²) >= 11 is 8.22. The van der Waals surface area contributed by atoms with Gasteiger partial charge in [0, 0.05) is 13.1 Å². The molecule has 2 unspecified atom stereocenters. The van der Waals surface area contributed by atoms with Gasteiger partial charge in [0.2, 0.25) is 11.8 Å². The van der Waals surface area contributed by atoms with Gasteiger partial charge in [0.1, 0.15) is 0 Å². The highest BCUT2D eigenvalue weighted by molar-refractivity contribution is 7.82. The smallest absolute Gasteiger partial charge is 0.232 e. The van der Waals surface area contributed by atoms with Gasteiger partial charge in [-0.2, -0.15) is 25.3 Å². The zero-order chi connectivity index (χ0) is 14.0. The van der Waals surface area contributed by atoms with Gasteiger partial charge in [0.25, 0.3) is 0 Å². The molecule has 0 spiro atoms. The Balaban J connectivity index is 3.85. The third-order valence-electron chi connectivity index (χ3n) is 2.14.